The van der Waals surface area contributed by atoms with Gasteiger partial charge in [-0.2, -0.15) is 0 Å². The Balaban J connectivity index is 3.39. The van der Waals surface area contributed by atoms with E-state index in [4.69, 9.17) is 11.5 Å². The highest BCUT2D eigenvalue weighted by atomic mass is 19.2. The Morgan fingerprint density at radius 3 is 1.86 bits per heavy atom. The number of hydrogen-bond acceptors (Lipinski definition) is 2. The van der Waals surface area contributed by atoms with E-state index in [-0.39, 0.29) is 12.6 Å². The predicted octanol–water partition coefficient (Wildman–Crippen LogP) is 1.20. The van der Waals surface area contributed by atoms with Crippen molar-refractivity contribution in [3.05, 3.63) is 34.9 Å². The van der Waals surface area contributed by atoms with Gasteiger partial charge < -0.3 is 11.5 Å². The summed E-state index contributed by atoms with van der Waals surface area (Å²) in [4.78, 5) is 0. The van der Waals surface area contributed by atoms with Crippen molar-refractivity contribution in [1.82, 2.24) is 0 Å². The molecule has 0 heterocycles. The van der Waals surface area contributed by atoms with Crippen LogP contribution in [-0.2, 0) is 0 Å². The van der Waals surface area contributed by atoms with Gasteiger partial charge in [0.25, 0.3) is 0 Å². The van der Waals surface area contributed by atoms with Gasteiger partial charge in [0.2, 0.25) is 0 Å². The second-order valence-corrected chi connectivity index (χ2v) is 2.72. The minimum Gasteiger partial charge on any atom is -0.329 e. The summed E-state index contributed by atoms with van der Waals surface area (Å²) in [5.74, 6) is -5.96. The molecular weight excluding hydrogens is 200 g/mol. The summed E-state index contributed by atoms with van der Waals surface area (Å²) in [5.41, 5.74) is 9.38. The Morgan fingerprint density at radius 1 is 1.07 bits per heavy atom. The van der Waals surface area contributed by atoms with Gasteiger partial charge in [-0.1, -0.05) is 0 Å². The topological polar surface area (TPSA) is 52.0 Å². The first-order valence-corrected chi connectivity index (χ1v) is 3.77. The highest BCUT2D eigenvalue weighted by Gasteiger charge is 2.22. The quantitative estimate of drug-likeness (QED) is 0.566. The first kappa shape index (κ1) is 10.9. The largest absolute Gasteiger partial charge is 0.329 e. The van der Waals surface area contributed by atoms with E-state index >= 15 is 0 Å². The normalized spacial score (nSPS) is 13.0. The van der Waals surface area contributed by atoms with Crippen molar-refractivity contribution in [1.29, 1.82) is 0 Å². The highest BCUT2D eigenvalue weighted by molar-refractivity contribution is 5.25. The average molecular weight is 208 g/mol. The van der Waals surface area contributed by atoms with Crippen LogP contribution in [0.15, 0.2) is 6.07 Å². The molecule has 0 aliphatic rings. The van der Waals surface area contributed by atoms with Gasteiger partial charge in [0.15, 0.2) is 23.3 Å². The van der Waals surface area contributed by atoms with Crippen LogP contribution in [0.1, 0.15) is 11.6 Å². The number of halogens is 4. The molecule has 1 aromatic rings. The van der Waals surface area contributed by atoms with E-state index < -0.39 is 34.9 Å². The average Bonchev–Trinajstić information content (AvgIpc) is 2.15. The minimum atomic E-state index is -1.50. The Labute approximate surface area is 77.5 Å². The van der Waals surface area contributed by atoms with Crippen LogP contribution >= 0.6 is 0 Å². The fraction of sp³-hybridized carbons (Fsp3) is 0.250. The van der Waals surface area contributed by atoms with Gasteiger partial charge in [0.1, 0.15) is 0 Å². The van der Waals surface area contributed by atoms with E-state index in [2.05, 4.69) is 0 Å². The minimum absolute atomic E-state index is 0.122. The molecule has 0 amide bonds. The maximum absolute atomic E-state index is 13.0. The molecule has 0 spiro atoms. The Kier molecular flexibility index (Phi) is 3.07. The number of nitrogens with two attached hydrogens (primary N) is 2. The van der Waals surface area contributed by atoms with Crippen molar-refractivity contribution in [2.24, 2.45) is 11.5 Å². The van der Waals surface area contributed by atoms with Crippen LogP contribution in [0.2, 0.25) is 0 Å². The van der Waals surface area contributed by atoms with Gasteiger partial charge in [-0.25, -0.2) is 17.6 Å². The molecule has 78 valence electrons. The zero-order valence-electron chi connectivity index (χ0n) is 7.03. The molecule has 0 aromatic heterocycles. The van der Waals surface area contributed by atoms with Gasteiger partial charge in [-0.05, 0) is 0 Å². The van der Waals surface area contributed by atoms with Crippen molar-refractivity contribution >= 4 is 0 Å². The first-order chi connectivity index (χ1) is 6.49. The fourth-order valence-electron chi connectivity index (χ4n) is 1.04. The first-order valence-electron chi connectivity index (χ1n) is 3.77. The molecular formula is C8H8F4N2. The van der Waals surface area contributed by atoms with Gasteiger partial charge in [-0.3, -0.25) is 0 Å². The SMILES string of the molecule is NCC(N)c1c(F)c(F)cc(F)c1F. The lowest BCUT2D eigenvalue weighted by Gasteiger charge is -2.12. The van der Waals surface area contributed by atoms with Crippen LogP contribution in [0.4, 0.5) is 17.6 Å². The van der Waals surface area contributed by atoms with Crippen molar-refractivity contribution in [2.45, 2.75) is 6.04 Å². The van der Waals surface area contributed by atoms with Crippen molar-refractivity contribution in [2.75, 3.05) is 6.54 Å². The van der Waals surface area contributed by atoms with Gasteiger partial charge in [0.05, 0.1) is 0 Å². The predicted molar refractivity (Wildman–Crippen MR) is 42.3 cm³/mol. The molecule has 0 aliphatic carbocycles. The standard InChI is InChI=1S/C8H8F4N2/c9-3-1-4(10)8(12)6(7(3)11)5(14)2-13/h1,5H,2,13-14H2. The second-order valence-electron chi connectivity index (χ2n) is 2.72. The van der Waals surface area contributed by atoms with E-state index in [0.29, 0.717) is 0 Å². The highest BCUT2D eigenvalue weighted by Crippen LogP contribution is 2.23. The maximum atomic E-state index is 13.0. The van der Waals surface area contributed by atoms with Crippen LogP contribution in [0, 0.1) is 23.3 Å². The molecule has 4 N–H and O–H groups in total. The summed E-state index contributed by atoms with van der Waals surface area (Å²) in [5, 5.41) is 0. The lowest BCUT2D eigenvalue weighted by atomic mass is 10.1. The van der Waals surface area contributed by atoms with E-state index in [1.54, 1.807) is 0 Å². The van der Waals surface area contributed by atoms with Gasteiger partial charge in [0, 0.05) is 24.2 Å². The van der Waals surface area contributed by atoms with E-state index in [9.17, 15) is 17.6 Å². The molecule has 0 saturated heterocycles. The van der Waals surface area contributed by atoms with Crippen LogP contribution in [0.25, 0.3) is 0 Å². The van der Waals surface area contributed by atoms with Crippen LogP contribution in [0.3, 0.4) is 0 Å². The van der Waals surface area contributed by atoms with E-state index in [0.717, 1.165) is 0 Å². The molecule has 1 aromatic carbocycles. The summed E-state index contributed by atoms with van der Waals surface area (Å²) in [6.07, 6.45) is 0. The summed E-state index contributed by atoms with van der Waals surface area (Å²) in [6.45, 7) is -0.309. The molecule has 0 aliphatic heterocycles. The number of benzene rings is 1. The van der Waals surface area contributed by atoms with Crippen molar-refractivity contribution < 1.29 is 17.6 Å². The van der Waals surface area contributed by atoms with Crippen molar-refractivity contribution in [3.8, 4) is 0 Å². The number of hydrogen-bond donors (Lipinski definition) is 2. The molecule has 6 heteroatoms. The molecule has 2 nitrogen and oxygen atoms in total. The summed E-state index contributed by atoms with van der Waals surface area (Å²) < 4.78 is 51.2. The molecule has 0 fully saturated rings. The Hall–Kier alpha value is -1.14. The Morgan fingerprint density at radius 2 is 1.50 bits per heavy atom. The van der Waals surface area contributed by atoms with Gasteiger partial charge >= 0.3 is 0 Å². The Bertz CT molecular complexity index is 327. The summed E-state index contributed by atoms with van der Waals surface area (Å²) >= 11 is 0. The second kappa shape index (κ2) is 3.93. The zero-order valence-corrected chi connectivity index (χ0v) is 7.03. The lowest BCUT2D eigenvalue weighted by molar-refractivity contribution is 0.427. The third kappa shape index (κ3) is 1.71. The monoisotopic (exact) mass is 208 g/mol. The fourth-order valence-corrected chi connectivity index (χ4v) is 1.04. The van der Waals surface area contributed by atoms with E-state index in [1.807, 2.05) is 0 Å². The lowest BCUT2D eigenvalue weighted by Crippen LogP contribution is -2.24. The van der Waals surface area contributed by atoms with Gasteiger partial charge in [-0.15, -0.1) is 0 Å². The third-order valence-electron chi connectivity index (χ3n) is 1.77. The molecule has 1 rings (SSSR count). The molecule has 1 atom stereocenters. The van der Waals surface area contributed by atoms with Crippen LogP contribution in [-0.4, -0.2) is 6.54 Å². The van der Waals surface area contributed by atoms with Crippen LogP contribution in [0.5, 0.6) is 0 Å². The third-order valence-corrected chi connectivity index (χ3v) is 1.77. The van der Waals surface area contributed by atoms with Crippen molar-refractivity contribution in [3.63, 3.8) is 0 Å². The summed E-state index contributed by atoms with van der Waals surface area (Å²) in [7, 11) is 0. The zero-order chi connectivity index (χ0) is 10.9. The molecule has 14 heavy (non-hydrogen) atoms. The molecule has 1 unspecified atom stereocenters. The van der Waals surface area contributed by atoms with E-state index in [1.165, 1.54) is 0 Å². The number of rotatable bonds is 2. The smallest absolute Gasteiger partial charge is 0.166 e. The van der Waals surface area contributed by atoms with Crippen LogP contribution < -0.4 is 11.5 Å². The maximum Gasteiger partial charge on any atom is 0.166 e. The molecule has 0 saturated carbocycles. The summed E-state index contributed by atoms with van der Waals surface area (Å²) in [6, 6.07) is -1.14. The molecule has 0 radical (unpaired) electrons. The molecule has 0 bridgehead atoms.